The number of nitrogens with zero attached hydrogens (tertiary/aromatic N) is 1. The van der Waals surface area contributed by atoms with Crippen molar-refractivity contribution in [3.63, 3.8) is 0 Å². The highest BCUT2D eigenvalue weighted by Crippen LogP contribution is 2.09. The number of esters is 1. The molecule has 0 amide bonds. The fraction of sp³-hybridized carbons (Fsp3) is 0.214. The molecule has 0 bridgehead atoms. The molecule has 1 heterocycles. The van der Waals surface area contributed by atoms with Gasteiger partial charge in [0.05, 0.1) is 18.0 Å². The Morgan fingerprint density at radius 2 is 2.26 bits per heavy atom. The molecule has 1 aromatic heterocycles. The van der Waals surface area contributed by atoms with Crippen molar-refractivity contribution in [1.82, 2.24) is 9.97 Å². The molecule has 1 aromatic carbocycles. The van der Waals surface area contributed by atoms with Gasteiger partial charge in [0.25, 0.3) is 5.56 Å². The van der Waals surface area contributed by atoms with Crippen LogP contribution < -0.4 is 5.56 Å². The summed E-state index contributed by atoms with van der Waals surface area (Å²) in [7, 11) is 1.31. The number of nitrogens with one attached hydrogen (secondary N) is 1. The van der Waals surface area contributed by atoms with Crippen LogP contribution in [0.4, 0.5) is 0 Å². The monoisotopic (exact) mass is 256 g/mol. The number of aryl methyl sites for hydroxylation is 1. The molecule has 0 saturated carbocycles. The normalized spacial score (nSPS) is 9.79. The molecule has 0 radical (unpaired) electrons. The van der Waals surface area contributed by atoms with E-state index in [4.69, 9.17) is 0 Å². The maximum absolute atomic E-state index is 11.8. The number of hydrogen-bond donors (Lipinski definition) is 1. The molecule has 0 aliphatic heterocycles. The van der Waals surface area contributed by atoms with Crippen LogP contribution in [0.25, 0.3) is 10.9 Å². The van der Waals surface area contributed by atoms with Crippen LogP contribution in [-0.4, -0.2) is 23.0 Å². The maximum atomic E-state index is 11.8. The van der Waals surface area contributed by atoms with Gasteiger partial charge in [-0.1, -0.05) is 11.8 Å². The standard InChI is InChI=1S/C14H12N2O3/c1-9-15-12-7-6-10(4-3-5-13(17)19-2)8-11(12)14(18)16-9/h6-8H,5H2,1-2H3,(H,15,16,18). The number of aromatic amines is 1. The number of carbonyl (C=O) groups excluding carboxylic acids is 1. The number of carbonyl (C=O) groups is 1. The zero-order chi connectivity index (χ0) is 13.8. The quantitative estimate of drug-likeness (QED) is 0.613. The Morgan fingerprint density at radius 3 is 3.00 bits per heavy atom. The largest absolute Gasteiger partial charge is 0.468 e. The van der Waals surface area contributed by atoms with E-state index in [0.717, 1.165) is 0 Å². The van der Waals surface area contributed by atoms with Crippen LogP contribution in [0.2, 0.25) is 0 Å². The van der Waals surface area contributed by atoms with Gasteiger partial charge in [-0.25, -0.2) is 4.98 Å². The van der Waals surface area contributed by atoms with Crippen molar-refractivity contribution in [3.05, 3.63) is 39.9 Å². The molecular formula is C14H12N2O3. The minimum Gasteiger partial charge on any atom is -0.468 e. The van der Waals surface area contributed by atoms with Crippen molar-refractivity contribution >= 4 is 16.9 Å². The number of aromatic nitrogens is 2. The fourth-order valence-electron chi connectivity index (χ4n) is 1.62. The summed E-state index contributed by atoms with van der Waals surface area (Å²) >= 11 is 0. The SMILES string of the molecule is COC(=O)CC#Cc1ccc2nc(C)[nH]c(=O)c2c1. The van der Waals surface area contributed by atoms with Crippen molar-refractivity contribution in [2.75, 3.05) is 7.11 Å². The van der Waals surface area contributed by atoms with E-state index in [-0.39, 0.29) is 17.9 Å². The third-order valence-electron chi connectivity index (χ3n) is 2.52. The molecule has 0 saturated heterocycles. The molecular weight excluding hydrogens is 244 g/mol. The highest BCUT2D eigenvalue weighted by Gasteiger charge is 2.02. The number of rotatable bonds is 1. The Labute approximate surface area is 109 Å². The molecule has 0 spiro atoms. The Hall–Kier alpha value is -2.61. The number of ether oxygens (including phenoxy) is 1. The van der Waals surface area contributed by atoms with Crippen LogP contribution in [0.1, 0.15) is 17.8 Å². The van der Waals surface area contributed by atoms with E-state index in [9.17, 15) is 9.59 Å². The summed E-state index contributed by atoms with van der Waals surface area (Å²) < 4.78 is 4.48. The van der Waals surface area contributed by atoms with Gasteiger partial charge in [-0.2, -0.15) is 0 Å². The van der Waals surface area contributed by atoms with Gasteiger partial charge in [-0.3, -0.25) is 9.59 Å². The lowest BCUT2D eigenvalue weighted by atomic mass is 10.1. The molecule has 1 N–H and O–H groups in total. The summed E-state index contributed by atoms with van der Waals surface area (Å²) in [5.74, 6) is 5.69. The molecule has 0 aliphatic carbocycles. The number of methoxy groups -OCH3 is 1. The molecule has 19 heavy (non-hydrogen) atoms. The highest BCUT2D eigenvalue weighted by atomic mass is 16.5. The average molecular weight is 256 g/mol. The van der Waals surface area contributed by atoms with Crippen molar-refractivity contribution in [3.8, 4) is 11.8 Å². The van der Waals surface area contributed by atoms with E-state index in [1.165, 1.54) is 7.11 Å². The van der Waals surface area contributed by atoms with Gasteiger partial charge >= 0.3 is 5.97 Å². The van der Waals surface area contributed by atoms with E-state index in [1.807, 2.05) is 0 Å². The molecule has 5 nitrogen and oxygen atoms in total. The number of fused-ring (bicyclic) bond motifs is 1. The molecule has 2 aromatic rings. The van der Waals surface area contributed by atoms with E-state index in [2.05, 4.69) is 26.5 Å². The molecule has 0 unspecified atom stereocenters. The second kappa shape index (κ2) is 5.36. The molecule has 5 heteroatoms. The first-order chi connectivity index (χ1) is 9.10. The second-order valence-electron chi connectivity index (χ2n) is 3.94. The summed E-state index contributed by atoms with van der Waals surface area (Å²) in [5.41, 5.74) is 1.09. The lowest BCUT2D eigenvalue weighted by Crippen LogP contribution is -2.09. The molecule has 0 aliphatic rings. The highest BCUT2D eigenvalue weighted by molar-refractivity contribution is 5.79. The Kier molecular flexibility index (Phi) is 3.62. The van der Waals surface area contributed by atoms with Gasteiger partial charge in [0.15, 0.2) is 0 Å². The molecule has 2 rings (SSSR count). The number of H-pyrrole nitrogens is 1. The molecule has 0 atom stereocenters. The topological polar surface area (TPSA) is 72.0 Å². The van der Waals surface area contributed by atoms with E-state index in [0.29, 0.717) is 22.3 Å². The summed E-state index contributed by atoms with van der Waals surface area (Å²) in [6.45, 7) is 1.73. The minimum absolute atomic E-state index is 0.0248. The van der Waals surface area contributed by atoms with Crippen molar-refractivity contribution in [1.29, 1.82) is 0 Å². The number of benzene rings is 1. The fourth-order valence-corrected chi connectivity index (χ4v) is 1.62. The van der Waals surface area contributed by atoms with Crippen LogP contribution in [0.3, 0.4) is 0 Å². The predicted octanol–water partition coefficient (Wildman–Crippen LogP) is 1.15. The number of hydrogen-bond acceptors (Lipinski definition) is 4. The summed E-state index contributed by atoms with van der Waals surface area (Å²) in [6, 6.07) is 5.16. The zero-order valence-corrected chi connectivity index (χ0v) is 10.6. The first kappa shape index (κ1) is 12.8. The van der Waals surface area contributed by atoms with Gasteiger partial charge in [0, 0.05) is 5.56 Å². The summed E-state index contributed by atoms with van der Waals surface area (Å²) in [5, 5.41) is 0.482. The Bertz CT molecular complexity index is 751. The van der Waals surface area contributed by atoms with Crippen LogP contribution in [-0.2, 0) is 9.53 Å². The third kappa shape index (κ3) is 2.99. The van der Waals surface area contributed by atoms with Crippen LogP contribution in [0.15, 0.2) is 23.0 Å². The van der Waals surface area contributed by atoms with Crippen molar-refractivity contribution in [2.45, 2.75) is 13.3 Å². The lowest BCUT2D eigenvalue weighted by Gasteiger charge is -1.98. The first-order valence-electron chi connectivity index (χ1n) is 5.66. The van der Waals surface area contributed by atoms with E-state index < -0.39 is 0 Å². The van der Waals surface area contributed by atoms with Crippen LogP contribution in [0, 0.1) is 18.8 Å². The van der Waals surface area contributed by atoms with Crippen LogP contribution in [0.5, 0.6) is 0 Å². The molecule has 0 fully saturated rings. The second-order valence-corrected chi connectivity index (χ2v) is 3.94. The van der Waals surface area contributed by atoms with E-state index >= 15 is 0 Å². The Morgan fingerprint density at radius 1 is 1.47 bits per heavy atom. The van der Waals surface area contributed by atoms with Crippen molar-refractivity contribution in [2.24, 2.45) is 0 Å². The van der Waals surface area contributed by atoms with Gasteiger partial charge in [-0.05, 0) is 25.1 Å². The smallest absolute Gasteiger partial charge is 0.317 e. The minimum atomic E-state index is -0.386. The van der Waals surface area contributed by atoms with Crippen LogP contribution >= 0.6 is 0 Å². The Balaban J connectivity index is 2.37. The average Bonchev–Trinajstić information content (AvgIpc) is 2.39. The van der Waals surface area contributed by atoms with E-state index in [1.54, 1.807) is 25.1 Å². The van der Waals surface area contributed by atoms with Gasteiger partial charge in [-0.15, -0.1) is 0 Å². The lowest BCUT2D eigenvalue weighted by molar-refractivity contribution is -0.139. The third-order valence-corrected chi connectivity index (χ3v) is 2.52. The predicted molar refractivity (Wildman–Crippen MR) is 70.6 cm³/mol. The summed E-state index contributed by atoms with van der Waals surface area (Å²) in [4.78, 5) is 29.5. The summed E-state index contributed by atoms with van der Waals surface area (Å²) in [6.07, 6.45) is 0.0248. The van der Waals surface area contributed by atoms with Gasteiger partial charge in [0.1, 0.15) is 12.2 Å². The maximum Gasteiger partial charge on any atom is 0.317 e. The van der Waals surface area contributed by atoms with Gasteiger partial charge in [0.2, 0.25) is 0 Å². The molecule has 96 valence electrons. The zero-order valence-electron chi connectivity index (χ0n) is 10.6. The van der Waals surface area contributed by atoms with Crippen molar-refractivity contribution < 1.29 is 9.53 Å². The van der Waals surface area contributed by atoms with Gasteiger partial charge < -0.3 is 9.72 Å². The first-order valence-corrected chi connectivity index (χ1v) is 5.66.